The van der Waals surface area contributed by atoms with Crippen LogP contribution in [-0.2, 0) is 20.5 Å². The van der Waals surface area contributed by atoms with Crippen molar-refractivity contribution in [2.24, 2.45) is 5.92 Å². The third-order valence-electron chi connectivity index (χ3n) is 5.31. The molecular weight excluding hydrogens is 468 g/mol. The van der Waals surface area contributed by atoms with Gasteiger partial charge in [0.25, 0.3) is 0 Å². The van der Waals surface area contributed by atoms with Gasteiger partial charge in [0.2, 0.25) is 11.8 Å². The van der Waals surface area contributed by atoms with E-state index in [0.717, 1.165) is 28.4 Å². The highest BCUT2D eigenvalue weighted by Crippen LogP contribution is 2.37. The number of hydrogen-bond acceptors (Lipinski definition) is 6. The zero-order valence-corrected chi connectivity index (χ0v) is 18.0. The number of carbonyl (C=O) groups excluding carboxylic acids is 3. The fourth-order valence-electron chi connectivity index (χ4n) is 3.64. The van der Waals surface area contributed by atoms with Gasteiger partial charge in [0, 0.05) is 25.0 Å². The van der Waals surface area contributed by atoms with E-state index >= 15 is 0 Å². The Kier molecular flexibility index (Phi) is 5.60. The number of hydrogen-bond donors (Lipinski definition) is 1. The first kappa shape index (κ1) is 22.7. The van der Waals surface area contributed by atoms with E-state index in [4.69, 9.17) is 4.74 Å². The zero-order chi connectivity index (χ0) is 24.1. The third kappa shape index (κ3) is 4.03. The van der Waals surface area contributed by atoms with Gasteiger partial charge in [-0.1, -0.05) is 6.07 Å². The monoisotopic (exact) mass is 484 g/mol. The van der Waals surface area contributed by atoms with E-state index in [0.29, 0.717) is 11.6 Å². The molecule has 2 unspecified atom stereocenters. The molecule has 1 saturated heterocycles. The summed E-state index contributed by atoms with van der Waals surface area (Å²) in [7, 11) is 2.81. The highest BCUT2D eigenvalue weighted by Gasteiger charge is 2.49. The second-order valence-corrected chi connectivity index (χ2v) is 8.27. The predicted molar refractivity (Wildman–Crippen MR) is 108 cm³/mol. The van der Waals surface area contributed by atoms with Crippen molar-refractivity contribution in [1.82, 2.24) is 14.8 Å². The van der Waals surface area contributed by atoms with Crippen LogP contribution in [0.2, 0.25) is 0 Å². The van der Waals surface area contributed by atoms with Crippen LogP contribution in [0, 0.1) is 11.7 Å². The van der Waals surface area contributed by atoms with Crippen LogP contribution in [0.3, 0.4) is 0 Å². The maximum Gasteiger partial charge on any atom is 0.419 e. The standard InChI is InChI=1S/C20H16F4N4O4S/c1-27-16(30)14-9(7-32-17(14)28(2)19(27)31)6-13(29)26-18-25-12(8-33-18)10-4-3-5-11(15(10)21)20(22,23)24/h3-5,7-8,14,17H,6H2,1-2H3,(H,25,26,29). The van der Waals surface area contributed by atoms with Gasteiger partial charge in [-0.25, -0.2) is 14.2 Å². The molecule has 4 amide bonds. The van der Waals surface area contributed by atoms with Gasteiger partial charge in [-0.15, -0.1) is 11.3 Å². The average Bonchev–Trinajstić information content (AvgIpc) is 3.37. The van der Waals surface area contributed by atoms with E-state index in [1.165, 1.54) is 30.6 Å². The summed E-state index contributed by atoms with van der Waals surface area (Å²) in [5.74, 6) is -3.36. The summed E-state index contributed by atoms with van der Waals surface area (Å²) < 4.78 is 58.6. The largest absolute Gasteiger partial charge is 0.477 e. The number of ether oxygens (including phenoxy) is 1. The quantitative estimate of drug-likeness (QED) is 0.669. The van der Waals surface area contributed by atoms with Crippen molar-refractivity contribution in [2.75, 3.05) is 19.4 Å². The number of alkyl halides is 3. The molecule has 0 spiro atoms. The van der Waals surface area contributed by atoms with Crippen LogP contribution in [0.5, 0.6) is 0 Å². The fraction of sp³-hybridized carbons (Fsp3) is 0.300. The van der Waals surface area contributed by atoms with Gasteiger partial charge in [-0.2, -0.15) is 13.2 Å². The molecule has 1 N–H and O–H groups in total. The lowest BCUT2D eigenvalue weighted by molar-refractivity contribution is -0.141. The van der Waals surface area contributed by atoms with Crippen LogP contribution in [-0.4, -0.2) is 53.0 Å². The number of urea groups is 1. The summed E-state index contributed by atoms with van der Waals surface area (Å²) in [4.78, 5) is 43.2. The predicted octanol–water partition coefficient (Wildman–Crippen LogP) is 3.68. The molecule has 0 bridgehead atoms. The normalized spacial score (nSPS) is 20.5. The molecule has 2 atom stereocenters. The lowest BCUT2D eigenvalue weighted by atomic mass is 9.93. The Labute approximate surface area is 188 Å². The van der Waals surface area contributed by atoms with Gasteiger partial charge in [0.1, 0.15) is 11.7 Å². The van der Waals surface area contributed by atoms with E-state index < -0.39 is 47.5 Å². The van der Waals surface area contributed by atoms with E-state index in [1.54, 1.807) is 0 Å². The number of carbonyl (C=O) groups is 3. The SMILES string of the molecule is CN1C(=O)C2C(CC(=O)Nc3nc(-c4cccc(C(F)(F)F)c4F)cs3)=COC2N(C)C1=O. The number of nitrogens with zero attached hydrogens (tertiary/aromatic N) is 3. The van der Waals surface area contributed by atoms with Crippen LogP contribution in [0.25, 0.3) is 11.3 Å². The molecule has 2 aliphatic heterocycles. The van der Waals surface area contributed by atoms with Gasteiger partial charge in [0.15, 0.2) is 11.4 Å². The van der Waals surface area contributed by atoms with Crippen LogP contribution in [0.1, 0.15) is 12.0 Å². The number of benzene rings is 1. The highest BCUT2D eigenvalue weighted by atomic mass is 32.1. The van der Waals surface area contributed by atoms with Crippen molar-refractivity contribution in [2.45, 2.75) is 18.8 Å². The van der Waals surface area contributed by atoms with Crippen molar-refractivity contribution >= 4 is 34.3 Å². The highest BCUT2D eigenvalue weighted by molar-refractivity contribution is 7.14. The molecule has 0 radical (unpaired) electrons. The molecule has 4 rings (SSSR count). The molecule has 3 heterocycles. The number of nitrogens with one attached hydrogen (secondary N) is 1. The van der Waals surface area contributed by atoms with Gasteiger partial charge < -0.3 is 10.1 Å². The minimum Gasteiger partial charge on any atom is -0.477 e. The topological polar surface area (TPSA) is 91.8 Å². The van der Waals surface area contributed by atoms with Crippen LogP contribution < -0.4 is 5.32 Å². The summed E-state index contributed by atoms with van der Waals surface area (Å²) in [5.41, 5.74) is -1.47. The summed E-state index contributed by atoms with van der Waals surface area (Å²) in [6, 6.07) is 2.34. The Morgan fingerprint density at radius 3 is 2.70 bits per heavy atom. The number of rotatable bonds is 4. The Hall–Kier alpha value is -3.48. The van der Waals surface area contributed by atoms with E-state index in [1.807, 2.05) is 0 Å². The van der Waals surface area contributed by atoms with Crippen LogP contribution in [0.15, 0.2) is 35.4 Å². The molecule has 8 nitrogen and oxygen atoms in total. The summed E-state index contributed by atoms with van der Waals surface area (Å²) in [6.07, 6.45) is -4.68. The lowest BCUT2D eigenvalue weighted by Gasteiger charge is -2.37. The molecule has 1 aromatic heterocycles. The minimum atomic E-state index is -4.86. The Morgan fingerprint density at radius 2 is 2.00 bits per heavy atom. The molecule has 0 saturated carbocycles. The molecule has 2 aliphatic rings. The fourth-order valence-corrected chi connectivity index (χ4v) is 4.37. The molecule has 1 fully saturated rings. The summed E-state index contributed by atoms with van der Waals surface area (Å²) in [6.45, 7) is 0. The van der Waals surface area contributed by atoms with Gasteiger partial charge >= 0.3 is 12.2 Å². The first-order chi connectivity index (χ1) is 15.5. The Morgan fingerprint density at radius 1 is 1.27 bits per heavy atom. The van der Waals surface area contributed by atoms with Gasteiger partial charge in [0.05, 0.1) is 23.9 Å². The van der Waals surface area contributed by atoms with Gasteiger partial charge in [-0.05, 0) is 17.7 Å². The van der Waals surface area contributed by atoms with Gasteiger partial charge in [-0.3, -0.25) is 19.4 Å². The second-order valence-electron chi connectivity index (χ2n) is 7.42. The molecule has 2 aromatic rings. The Balaban J connectivity index is 1.46. The number of anilines is 1. The van der Waals surface area contributed by atoms with Crippen molar-refractivity contribution in [3.8, 4) is 11.3 Å². The first-order valence-corrected chi connectivity index (χ1v) is 10.4. The van der Waals surface area contributed by atoms with Crippen molar-refractivity contribution in [3.05, 3.63) is 46.8 Å². The number of amides is 4. The van der Waals surface area contributed by atoms with Crippen LogP contribution in [0.4, 0.5) is 27.5 Å². The number of thiazole rings is 1. The van der Waals surface area contributed by atoms with Crippen molar-refractivity contribution in [1.29, 1.82) is 0 Å². The van der Waals surface area contributed by atoms with E-state index in [-0.39, 0.29) is 22.8 Å². The summed E-state index contributed by atoms with van der Waals surface area (Å²) in [5, 5.41) is 3.85. The van der Waals surface area contributed by atoms with E-state index in [2.05, 4.69) is 10.3 Å². The second kappa shape index (κ2) is 8.14. The first-order valence-electron chi connectivity index (χ1n) is 9.49. The lowest BCUT2D eigenvalue weighted by Crippen LogP contribution is -2.58. The van der Waals surface area contributed by atoms with Crippen LogP contribution >= 0.6 is 11.3 Å². The maximum atomic E-state index is 14.4. The number of fused-ring (bicyclic) bond motifs is 1. The number of aromatic nitrogens is 1. The molecule has 174 valence electrons. The zero-order valence-electron chi connectivity index (χ0n) is 17.1. The van der Waals surface area contributed by atoms with Crippen molar-refractivity contribution in [3.63, 3.8) is 0 Å². The average molecular weight is 484 g/mol. The maximum absolute atomic E-state index is 14.4. The smallest absolute Gasteiger partial charge is 0.419 e. The van der Waals surface area contributed by atoms with Crippen molar-refractivity contribution < 1.29 is 36.7 Å². The molecule has 0 aliphatic carbocycles. The number of imide groups is 1. The minimum absolute atomic E-state index is 0.0438. The molecular formula is C20H16F4N4O4S. The summed E-state index contributed by atoms with van der Waals surface area (Å²) >= 11 is 0.907. The Bertz CT molecular complexity index is 1180. The molecule has 13 heteroatoms. The molecule has 1 aromatic carbocycles. The van der Waals surface area contributed by atoms with E-state index in [9.17, 15) is 31.9 Å². The molecule has 33 heavy (non-hydrogen) atoms. The third-order valence-corrected chi connectivity index (χ3v) is 6.06. The number of halogens is 4.